The average Bonchev–Trinajstić information content (AvgIpc) is 2.76. The lowest BCUT2D eigenvalue weighted by Crippen LogP contribution is -2.32. The SMILES string of the molecule is CCCc1nc(COC2CCNCC2)cs1. The summed E-state index contributed by atoms with van der Waals surface area (Å²) in [5, 5.41) is 6.71. The van der Waals surface area contributed by atoms with Crippen LogP contribution >= 0.6 is 11.3 Å². The minimum absolute atomic E-state index is 0.428. The fourth-order valence-electron chi connectivity index (χ4n) is 1.91. The van der Waals surface area contributed by atoms with Crippen molar-refractivity contribution in [3.63, 3.8) is 0 Å². The summed E-state index contributed by atoms with van der Waals surface area (Å²) in [6.07, 6.45) is 4.95. The van der Waals surface area contributed by atoms with Crippen LogP contribution in [-0.4, -0.2) is 24.2 Å². The minimum Gasteiger partial charge on any atom is -0.372 e. The Kier molecular flexibility index (Phi) is 4.75. The first-order valence-electron chi connectivity index (χ1n) is 6.14. The molecule has 1 aliphatic heterocycles. The van der Waals surface area contributed by atoms with Crippen molar-refractivity contribution in [1.29, 1.82) is 0 Å². The largest absolute Gasteiger partial charge is 0.372 e. The van der Waals surface area contributed by atoms with Crippen molar-refractivity contribution in [3.05, 3.63) is 16.1 Å². The molecule has 0 bridgehead atoms. The first-order valence-corrected chi connectivity index (χ1v) is 7.02. The van der Waals surface area contributed by atoms with E-state index in [-0.39, 0.29) is 0 Å². The van der Waals surface area contributed by atoms with Crippen LogP contribution in [0.2, 0.25) is 0 Å². The third kappa shape index (κ3) is 3.54. The smallest absolute Gasteiger partial charge is 0.0929 e. The number of aromatic nitrogens is 1. The Labute approximate surface area is 101 Å². The number of aryl methyl sites for hydroxylation is 1. The van der Waals surface area contributed by atoms with Crippen molar-refractivity contribution < 1.29 is 4.74 Å². The number of rotatable bonds is 5. The van der Waals surface area contributed by atoms with E-state index in [1.807, 2.05) is 0 Å². The van der Waals surface area contributed by atoms with Crippen LogP contribution in [0, 0.1) is 0 Å². The first-order chi connectivity index (χ1) is 7.88. The van der Waals surface area contributed by atoms with Crippen molar-refractivity contribution in [3.8, 4) is 0 Å². The third-order valence-electron chi connectivity index (χ3n) is 2.82. The Bertz CT molecular complexity index is 308. The van der Waals surface area contributed by atoms with Crippen LogP contribution in [0.5, 0.6) is 0 Å². The van der Waals surface area contributed by atoms with Crippen molar-refractivity contribution in [1.82, 2.24) is 10.3 Å². The number of hydrogen-bond donors (Lipinski definition) is 1. The number of nitrogens with one attached hydrogen (secondary N) is 1. The zero-order valence-electron chi connectivity index (χ0n) is 9.87. The highest BCUT2D eigenvalue weighted by molar-refractivity contribution is 7.09. The van der Waals surface area contributed by atoms with Gasteiger partial charge in [-0.1, -0.05) is 6.92 Å². The number of ether oxygens (including phenoxy) is 1. The molecule has 0 saturated carbocycles. The fraction of sp³-hybridized carbons (Fsp3) is 0.750. The van der Waals surface area contributed by atoms with Crippen molar-refractivity contribution >= 4 is 11.3 Å². The van der Waals surface area contributed by atoms with E-state index in [1.165, 1.54) is 11.4 Å². The van der Waals surface area contributed by atoms with Gasteiger partial charge >= 0.3 is 0 Å². The second-order valence-corrected chi connectivity index (χ2v) is 5.19. The summed E-state index contributed by atoms with van der Waals surface area (Å²) >= 11 is 1.76. The molecule has 0 aromatic carbocycles. The van der Waals surface area contributed by atoms with Crippen LogP contribution in [0.4, 0.5) is 0 Å². The molecule has 3 nitrogen and oxygen atoms in total. The molecule has 0 unspecified atom stereocenters. The fourth-order valence-corrected chi connectivity index (χ4v) is 2.79. The van der Waals surface area contributed by atoms with Gasteiger partial charge in [0.25, 0.3) is 0 Å². The maximum Gasteiger partial charge on any atom is 0.0929 e. The van der Waals surface area contributed by atoms with E-state index in [2.05, 4.69) is 22.6 Å². The van der Waals surface area contributed by atoms with Crippen molar-refractivity contribution in [2.75, 3.05) is 13.1 Å². The summed E-state index contributed by atoms with van der Waals surface area (Å²) in [6, 6.07) is 0. The first kappa shape index (κ1) is 12.0. The minimum atomic E-state index is 0.428. The molecule has 2 heterocycles. The molecule has 0 radical (unpaired) electrons. The van der Waals surface area contributed by atoms with E-state index in [9.17, 15) is 0 Å². The summed E-state index contributed by atoms with van der Waals surface area (Å²) in [7, 11) is 0. The van der Waals surface area contributed by atoms with Gasteiger partial charge in [0.1, 0.15) is 0 Å². The predicted molar refractivity (Wildman–Crippen MR) is 66.8 cm³/mol. The summed E-state index contributed by atoms with van der Waals surface area (Å²) in [4.78, 5) is 4.56. The van der Waals surface area contributed by atoms with Crippen LogP contribution in [0.3, 0.4) is 0 Å². The lowest BCUT2D eigenvalue weighted by molar-refractivity contribution is 0.0198. The van der Waals surface area contributed by atoms with Gasteiger partial charge in [-0.25, -0.2) is 4.98 Å². The second-order valence-electron chi connectivity index (χ2n) is 4.24. The molecule has 0 atom stereocenters. The van der Waals surface area contributed by atoms with Crippen LogP contribution in [-0.2, 0) is 17.8 Å². The van der Waals surface area contributed by atoms with Gasteiger partial charge in [-0.15, -0.1) is 11.3 Å². The summed E-state index contributed by atoms with van der Waals surface area (Å²) in [6.45, 7) is 5.04. The van der Waals surface area contributed by atoms with Crippen LogP contribution in [0.1, 0.15) is 36.9 Å². The highest BCUT2D eigenvalue weighted by Crippen LogP contribution is 2.15. The molecule has 1 aromatic heterocycles. The van der Waals surface area contributed by atoms with Crippen LogP contribution in [0.15, 0.2) is 5.38 Å². The lowest BCUT2D eigenvalue weighted by atomic mass is 10.1. The molecule has 1 aliphatic rings. The van der Waals surface area contributed by atoms with Gasteiger partial charge in [0, 0.05) is 5.38 Å². The summed E-state index contributed by atoms with van der Waals surface area (Å²) in [5.41, 5.74) is 1.10. The average molecular weight is 240 g/mol. The van der Waals surface area contributed by atoms with E-state index < -0.39 is 0 Å². The zero-order chi connectivity index (χ0) is 11.2. The molecule has 0 aliphatic carbocycles. The standard InChI is InChI=1S/C12H20N2OS/c1-2-3-12-14-10(9-16-12)8-15-11-4-6-13-7-5-11/h9,11,13H,2-8H2,1H3. The number of thiazole rings is 1. The van der Waals surface area contributed by atoms with Gasteiger partial charge in [0.2, 0.25) is 0 Å². The maximum absolute atomic E-state index is 5.86. The molecule has 1 N–H and O–H groups in total. The molecule has 1 fully saturated rings. The van der Waals surface area contributed by atoms with Crippen LogP contribution < -0.4 is 5.32 Å². The number of hydrogen-bond acceptors (Lipinski definition) is 4. The topological polar surface area (TPSA) is 34.1 Å². The molecular formula is C12H20N2OS. The lowest BCUT2D eigenvalue weighted by Gasteiger charge is -2.22. The molecule has 1 saturated heterocycles. The van der Waals surface area contributed by atoms with Crippen LogP contribution in [0.25, 0.3) is 0 Å². The van der Waals surface area contributed by atoms with E-state index in [1.54, 1.807) is 11.3 Å². The van der Waals surface area contributed by atoms with E-state index in [0.29, 0.717) is 12.7 Å². The number of piperidine rings is 1. The van der Waals surface area contributed by atoms with Gasteiger partial charge in [-0.2, -0.15) is 0 Å². The summed E-state index contributed by atoms with van der Waals surface area (Å²) < 4.78 is 5.86. The zero-order valence-corrected chi connectivity index (χ0v) is 10.7. The number of nitrogens with zero attached hydrogens (tertiary/aromatic N) is 1. The van der Waals surface area contributed by atoms with E-state index >= 15 is 0 Å². The maximum atomic E-state index is 5.86. The Balaban J connectivity index is 1.75. The molecule has 0 amide bonds. The van der Waals surface area contributed by atoms with Gasteiger partial charge in [-0.05, 0) is 38.8 Å². The van der Waals surface area contributed by atoms with Gasteiger partial charge < -0.3 is 10.1 Å². The quantitative estimate of drug-likeness (QED) is 0.858. The molecule has 0 spiro atoms. The van der Waals surface area contributed by atoms with Crippen molar-refractivity contribution in [2.24, 2.45) is 0 Å². The summed E-state index contributed by atoms with van der Waals surface area (Å²) in [5.74, 6) is 0. The molecule has 90 valence electrons. The third-order valence-corrected chi connectivity index (χ3v) is 3.77. The van der Waals surface area contributed by atoms with Gasteiger partial charge in [0.15, 0.2) is 0 Å². The Morgan fingerprint density at radius 3 is 3.06 bits per heavy atom. The Hall–Kier alpha value is -0.450. The van der Waals surface area contributed by atoms with E-state index in [4.69, 9.17) is 4.74 Å². The Morgan fingerprint density at radius 2 is 2.31 bits per heavy atom. The molecule has 4 heteroatoms. The predicted octanol–water partition coefficient (Wildman–Crippen LogP) is 2.36. The monoisotopic (exact) mass is 240 g/mol. The normalized spacial score (nSPS) is 17.8. The van der Waals surface area contributed by atoms with Crippen molar-refractivity contribution in [2.45, 2.75) is 45.3 Å². The Morgan fingerprint density at radius 1 is 1.50 bits per heavy atom. The molecular weight excluding hydrogens is 220 g/mol. The second kappa shape index (κ2) is 6.33. The molecule has 16 heavy (non-hydrogen) atoms. The highest BCUT2D eigenvalue weighted by Gasteiger charge is 2.13. The van der Waals surface area contributed by atoms with E-state index in [0.717, 1.165) is 38.0 Å². The molecule has 1 aromatic rings. The van der Waals surface area contributed by atoms with Gasteiger partial charge in [0.05, 0.1) is 23.4 Å². The molecule has 2 rings (SSSR count). The van der Waals surface area contributed by atoms with Gasteiger partial charge in [-0.3, -0.25) is 0 Å². The highest BCUT2D eigenvalue weighted by atomic mass is 32.1.